The maximum atomic E-state index is 11.3. The summed E-state index contributed by atoms with van der Waals surface area (Å²) in [4.78, 5) is 22.0. The van der Waals surface area contributed by atoms with Gasteiger partial charge in [0.1, 0.15) is 18.0 Å². The Kier molecular flexibility index (Phi) is 5.73. The van der Waals surface area contributed by atoms with Crippen LogP contribution in [-0.2, 0) is 9.53 Å². The van der Waals surface area contributed by atoms with Crippen molar-refractivity contribution in [1.82, 2.24) is 9.97 Å². The molecule has 7 heteroatoms. The molecule has 0 amide bonds. The highest BCUT2D eigenvalue weighted by molar-refractivity contribution is 5.71. The molecule has 3 rings (SSSR count). The molecule has 25 heavy (non-hydrogen) atoms. The van der Waals surface area contributed by atoms with E-state index >= 15 is 0 Å². The fourth-order valence-corrected chi connectivity index (χ4v) is 3.79. The highest BCUT2D eigenvalue weighted by Crippen LogP contribution is 2.26. The van der Waals surface area contributed by atoms with Crippen LogP contribution in [0.1, 0.15) is 39.5 Å². The largest absolute Gasteiger partial charge is 0.481 e. The summed E-state index contributed by atoms with van der Waals surface area (Å²) < 4.78 is 5.93. The van der Waals surface area contributed by atoms with Crippen molar-refractivity contribution in [2.45, 2.75) is 51.7 Å². The van der Waals surface area contributed by atoms with Gasteiger partial charge in [0, 0.05) is 25.8 Å². The summed E-state index contributed by atoms with van der Waals surface area (Å²) in [5.74, 6) is 0.968. The van der Waals surface area contributed by atoms with Crippen molar-refractivity contribution < 1.29 is 14.6 Å². The zero-order chi connectivity index (χ0) is 17.8. The highest BCUT2D eigenvalue weighted by atomic mass is 16.5. The van der Waals surface area contributed by atoms with Crippen LogP contribution in [-0.4, -0.2) is 52.9 Å². The lowest BCUT2D eigenvalue weighted by Gasteiger charge is -2.35. The predicted molar refractivity (Wildman–Crippen MR) is 95.8 cm³/mol. The molecule has 2 aliphatic heterocycles. The van der Waals surface area contributed by atoms with E-state index in [0.29, 0.717) is 12.5 Å². The van der Waals surface area contributed by atoms with Gasteiger partial charge in [0.2, 0.25) is 0 Å². The summed E-state index contributed by atoms with van der Waals surface area (Å²) in [6.45, 7) is 6.51. The number of ether oxygens (including phenoxy) is 1. The summed E-state index contributed by atoms with van der Waals surface area (Å²) in [6.07, 6.45) is 5.44. The zero-order valence-corrected chi connectivity index (χ0v) is 15.0. The molecule has 0 radical (unpaired) electrons. The Labute approximate surface area is 148 Å². The molecular weight excluding hydrogens is 320 g/mol. The summed E-state index contributed by atoms with van der Waals surface area (Å²) >= 11 is 0. The van der Waals surface area contributed by atoms with Crippen LogP contribution in [0.25, 0.3) is 0 Å². The molecule has 2 N–H and O–H groups in total. The lowest BCUT2D eigenvalue weighted by molar-refractivity contribution is -0.141. The third-order valence-corrected chi connectivity index (χ3v) is 5.10. The van der Waals surface area contributed by atoms with E-state index in [1.807, 2.05) is 11.0 Å². The van der Waals surface area contributed by atoms with E-state index in [2.05, 4.69) is 29.1 Å². The number of piperidine rings is 1. The smallest absolute Gasteiger partial charge is 0.308 e. The minimum absolute atomic E-state index is 0.179. The van der Waals surface area contributed by atoms with Crippen LogP contribution in [0.2, 0.25) is 0 Å². The zero-order valence-electron chi connectivity index (χ0n) is 15.0. The number of aliphatic carboxylic acids is 1. The van der Waals surface area contributed by atoms with Gasteiger partial charge in [0.25, 0.3) is 0 Å². The Morgan fingerprint density at radius 1 is 1.36 bits per heavy atom. The summed E-state index contributed by atoms with van der Waals surface area (Å²) in [7, 11) is 0. The van der Waals surface area contributed by atoms with Gasteiger partial charge in [0.05, 0.1) is 18.1 Å². The molecular formula is C18H28N4O3. The van der Waals surface area contributed by atoms with Crippen LogP contribution in [0, 0.1) is 11.8 Å². The van der Waals surface area contributed by atoms with Crippen LogP contribution in [0.3, 0.4) is 0 Å². The number of anilines is 2. The molecule has 0 bridgehead atoms. The number of hydrogen-bond acceptors (Lipinski definition) is 6. The Hall–Kier alpha value is -1.89. The molecule has 1 aromatic rings. The first-order valence-electron chi connectivity index (χ1n) is 9.22. The second-order valence-electron chi connectivity index (χ2n) is 7.36. The third-order valence-electron chi connectivity index (χ3n) is 5.10. The molecule has 3 atom stereocenters. The molecule has 0 spiro atoms. The van der Waals surface area contributed by atoms with Crippen LogP contribution in [0.15, 0.2) is 12.4 Å². The topological polar surface area (TPSA) is 87.6 Å². The average molecular weight is 348 g/mol. The van der Waals surface area contributed by atoms with Gasteiger partial charge in [0.15, 0.2) is 0 Å². The highest BCUT2D eigenvalue weighted by Gasteiger charge is 2.29. The quantitative estimate of drug-likeness (QED) is 0.845. The van der Waals surface area contributed by atoms with E-state index in [1.165, 1.54) is 0 Å². The van der Waals surface area contributed by atoms with Crippen molar-refractivity contribution in [3.05, 3.63) is 12.4 Å². The first kappa shape index (κ1) is 17.9. The van der Waals surface area contributed by atoms with Crippen molar-refractivity contribution in [3.8, 4) is 0 Å². The second kappa shape index (κ2) is 7.99. The van der Waals surface area contributed by atoms with Crippen LogP contribution in [0.5, 0.6) is 0 Å². The number of nitrogens with one attached hydrogen (secondary N) is 1. The van der Waals surface area contributed by atoms with Crippen molar-refractivity contribution >= 4 is 17.6 Å². The van der Waals surface area contributed by atoms with E-state index in [4.69, 9.17) is 4.74 Å². The molecule has 3 unspecified atom stereocenters. The third kappa shape index (κ3) is 4.39. The lowest BCUT2D eigenvalue weighted by atomic mass is 9.93. The van der Waals surface area contributed by atoms with Gasteiger partial charge in [-0.1, -0.05) is 13.8 Å². The van der Waals surface area contributed by atoms with Gasteiger partial charge in [-0.2, -0.15) is 0 Å². The molecule has 2 aliphatic rings. The van der Waals surface area contributed by atoms with Gasteiger partial charge in [-0.3, -0.25) is 4.79 Å². The number of carboxylic acid groups (broad SMARTS) is 1. The number of carbonyl (C=O) groups is 1. The number of hydrogen-bond donors (Lipinski definition) is 2. The van der Waals surface area contributed by atoms with E-state index in [0.717, 1.165) is 50.5 Å². The van der Waals surface area contributed by atoms with E-state index < -0.39 is 5.97 Å². The monoisotopic (exact) mass is 348 g/mol. The van der Waals surface area contributed by atoms with Crippen LogP contribution < -0.4 is 10.2 Å². The summed E-state index contributed by atoms with van der Waals surface area (Å²) in [6, 6.07) is 2.17. The minimum Gasteiger partial charge on any atom is -0.481 e. The van der Waals surface area contributed by atoms with E-state index in [9.17, 15) is 9.90 Å². The molecule has 3 heterocycles. The van der Waals surface area contributed by atoms with Gasteiger partial charge >= 0.3 is 5.97 Å². The van der Waals surface area contributed by atoms with Crippen molar-refractivity contribution in [2.75, 3.05) is 29.9 Å². The number of aromatic nitrogens is 2. The fourth-order valence-electron chi connectivity index (χ4n) is 3.79. The molecule has 0 aromatic carbocycles. The molecule has 2 fully saturated rings. The average Bonchev–Trinajstić information content (AvgIpc) is 2.62. The van der Waals surface area contributed by atoms with Crippen molar-refractivity contribution in [3.63, 3.8) is 0 Å². The molecule has 2 saturated heterocycles. The predicted octanol–water partition coefficient (Wildman–Crippen LogP) is 2.39. The van der Waals surface area contributed by atoms with Crippen LogP contribution >= 0.6 is 0 Å². The van der Waals surface area contributed by atoms with E-state index in [1.54, 1.807) is 6.33 Å². The van der Waals surface area contributed by atoms with Crippen molar-refractivity contribution in [1.29, 1.82) is 0 Å². The normalized spacial score (nSPS) is 27.3. The Balaban J connectivity index is 1.69. The van der Waals surface area contributed by atoms with Gasteiger partial charge in [-0.15, -0.1) is 0 Å². The number of rotatable bonds is 5. The molecule has 7 nitrogen and oxygen atoms in total. The molecule has 0 aliphatic carbocycles. The second-order valence-corrected chi connectivity index (χ2v) is 7.36. The fraction of sp³-hybridized carbons (Fsp3) is 0.722. The van der Waals surface area contributed by atoms with Crippen molar-refractivity contribution in [2.24, 2.45) is 11.8 Å². The summed E-state index contributed by atoms with van der Waals surface area (Å²) in [5, 5.41) is 12.8. The molecule has 138 valence electrons. The standard InChI is InChI=1S/C18H28N4O3/c1-12(2)17-14(6-4-8-25-17)21-15-9-16(20-11-19-15)22-7-3-5-13(10-22)18(23)24/h9,11-14,17H,3-8,10H2,1-2H3,(H,23,24)(H,19,20,21). The Morgan fingerprint density at radius 2 is 2.20 bits per heavy atom. The first-order chi connectivity index (χ1) is 12.0. The van der Waals surface area contributed by atoms with E-state index in [-0.39, 0.29) is 18.1 Å². The maximum absolute atomic E-state index is 11.3. The molecule has 1 aromatic heterocycles. The minimum atomic E-state index is -0.726. The van der Waals surface area contributed by atoms with Gasteiger partial charge in [-0.05, 0) is 31.6 Å². The van der Waals surface area contributed by atoms with Gasteiger partial charge < -0.3 is 20.1 Å². The number of carboxylic acids is 1. The SMILES string of the molecule is CC(C)C1OCCCC1Nc1cc(N2CCCC(C(=O)O)C2)ncn1. The lowest BCUT2D eigenvalue weighted by Crippen LogP contribution is -2.43. The molecule has 0 saturated carbocycles. The first-order valence-corrected chi connectivity index (χ1v) is 9.22. The number of nitrogens with zero attached hydrogens (tertiary/aromatic N) is 3. The maximum Gasteiger partial charge on any atom is 0.308 e. The van der Waals surface area contributed by atoms with Crippen LogP contribution in [0.4, 0.5) is 11.6 Å². The summed E-state index contributed by atoms with van der Waals surface area (Å²) in [5.41, 5.74) is 0. The Bertz CT molecular complexity index is 595. The van der Waals surface area contributed by atoms with Gasteiger partial charge in [-0.25, -0.2) is 9.97 Å². The Morgan fingerprint density at radius 3 is 2.96 bits per heavy atom.